The van der Waals surface area contributed by atoms with Gasteiger partial charge in [0, 0.05) is 12.1 Å². The summed E-state index contributed by atoms with van der Waals surface area (Å²) in [7, 11) is 2.98. The molecule has 0 aliphatic carbocycles. The van der Waals surface area contributed by atoms with Crippen molar-refractivity contribution >= 4 is 11.9 Å². The van der Waals surface area contributed by atoms with Gasteiger partial charge in [-0.05, 0) is 29.8 Å². The van der Waals surface area contributed by atoms with Crippen molar-refractivity contribution in [2.24, 2.45) is 0 Å². The molecule has 3 aromatic rings. The topological polar surface area (TPSA) is 86.2 Å². The number of carbonyl (C=O) groups is 1. The number of rotatable bonds is 6. The maximum atomic E-state index is 11.4. The number of hydrogen-bond acceptors (Lipinski definition) is 7. The number of anilines is 1. The highest BCUT2D eigenvalue weighted by Gasteiger charge is 2.06. The Kier molecular flexibility index (Phi) is 5.38. The Morgan fingerprint density at radius 3 is 2.65 bits per heavy atom. The van der Waals surface area contributed by atoms with E-state index in [1.54, 1.807) is 25.4 Å². The molecule has 0 aliphatic heterocycles. The molecule has 0 radical (unpaired) electrons. The molecule has 26 heavy (non-hydrogen) atoms. The summed E-state index contributed by atoms with van der Waals surface area (Å²) in [5, 5.41) is 11.1. The molecule has 7 heteroatoms. The minimum absolute atomic E-state index is 0.358. The molecule has 0 spiro atoms. The van der Waals surface area contributed by atoms with E-state index < -0.39 is 0 Å². The third kappa shape index (κ3) is 4.13. The number of aromatic nitrogens is 3. The third-order valence-corrected chi connectivity index (χ3v) is 3.75. The van der Waals surface area contributed by atoms with Gasteiger partial charge >= 0.3 is 5.97 Å². The summed E-state index contributed by atoms with van der Waals surface area (Å²) in [6, 6.07) is 14.7. The first kappa shape index (κ1) is 17.3. The normalized spacial score (nSPS) is 10.2. The van der Waals surface area contributed by atoms with E-state index in [4.69, 9.17) is 4.74 Å². The average Bonchev–Trinajstić information content (AvgIpc) is 2.72. The van der Waals surface area contributed by atoms with Crippen molar-refractivity contribution in [3.05, 3.63) is 65.9 Å². The second-order valence-corrected chi connectivity index (χ2v) is 5.44. The van der Waals surface area contributed by atoms with Gasteiger partial charge in [-0.1, -0.05) is 24.3 Å². The number of nitrogens with one attached hydrogen (secondary N) is 1. The molecule has 2 aromatic carbocycles. The van der Waals surface area contributed by atoms with Gasteiger partial charge < -0.3 is 14.8 Å². The number of esters is 1. The lowest BCUT2D eigenvalue weighted by atomic mass is 10.1. The van der Waals surface area contributed by atoms with Crippen LogP contribution in [-0.4, -0.2) is 35.4 Å². The Morgan fingerprint density at radius 1 is 1.12 bits per heavy atom. The Balaban J connectivity index is 1.70. The molecule has 0 atom stereocenters. The van der Waals surface area contributed by atoms with E-state index in [2.05, 4.69) is 25.2 Å². The van der Waals surface area contributed by atoms with Crippen LogP contribution in [0.4, 0.5) is 5.95 Å². The van der Waals surface area contributed by atoms with Gasteiger partial charge in [0.05, 0.1) is 31.7 Å². The highest BCUT2D eigenvalue weighted by atomic mass is 16.5. The third-order valence-electron chi connectivity index (χ3n) is 3.75. The molecule has 0 saturated carbocycles. The highest BCUT2D eigenvalue weighted by molar-refractivity contribution is 5.89. The van der Waals surface area contributed by atoms with Crippen LogP contribution in [0.2, 0.25) is 0 Å². The van der Waals surface area contributed by atoms with Crippen LogP contribution in [0.5, 0.6) is 5.75 Å². The molecule has 132 valence electrons. The summed E-state index contributed by atoms with van der Waals surface area (Å²) in [5.74, 6) is 0.812. The zero-order chi connectivity index (χ0) is 18.4. The first-order valence-corrected chi connectivity index (χ1v) is 7.95. The standard InChI is InChI=1S/C19H18N4O3/c1-25-16-5-3-4-15(10-16)17-12-21-23-19(22-17)20-11-13-6-8-14(9-7-13)18(24)26-2/h3-10,12H,11H2,1-2H3,(H,20,22,23). The molecule has 7 nitrogen and oxygen atoms in total. The van der Waals surface area contributed by atoms with Gasteiger partial charge in [-0.15, -0.1) is 5.10 Å². The largest absolute Gasteiger partial charge is 0.497 e. The van der Waals surface area contributed by atoms with Crippen LogP contribution in [-0.2, 0) is 11.3 Å². The van der Waals surface area contributed by atoms with Gasteiger partial charge in [-0.3, -0.25) is 0 Å². The Labute approximate surface area is 151 Å². The molecule has 0 bridgehead atoms. The minimum atomic E-state index is -0.358. The number of nitrogens with zero attached hydrogens (tertiary/aromatic N) is 3. The number of ether oxygens (including phenoxy) is 2. The predicted octanol–water partition coefficient (Wildman–Crippen LogP) is 2.95. The molecular weight excluding hydrogens is 332 g/mol. The lowest BCUT2D eigenvalue weighted by Gasteiger charge is -2.07. The molecule has 0 unspecified atom stereocenters. The van der Waals surface area contributed by atoms with Crippen LogP contribution in [0.25, 0.3) is 11.3 Å². The minimum Gasteiger partial charge on any atom is -0.497 e. The fourth-order valence-electron chi connectivity index (χ4n) is 2.36. The molecule has 0 aliphatic rings. The van der Waals surface area contributed by atoms with Crippen molar-refractivity contribution in [3.63, 3.8) is 0 Å². The number of methoxy groups -OCH3 is 2. The van der Waals surface area contributed by atoms with E-state index in [0.29, 0.717) is 23.8 Å². The summed E-state index contributed by atoms with van der Waals surface area (Å²) < 4.78 is 9.92. The fourth-order valence-corrected chi connectivity index (χ4v) is 2.36. The van der Waals surface area contributed by atoms with Crippen molar-refractivity contribution in [2.75, 3.05) is 19.5 Å². The zero-order valence-corrected chi connectivity index (χ0v) is 14.5. The van der Waals surface area contributed by atoms with Gasteiger partial charge in [0.2, 0.25) is 5.95 Å². The van der Waals surface area contributed by atoms with Crippen molar-refractivity contribution < 1.29 is 14.3 Å². The second-order valence-electron chi connectivity index (χ2n) is 5.44. The maximum absolute atomic E-state index is 11.4. The lowest BCUT2D eigenvalue weighted by molar-refractivity contribution is 0.0600. The number of benzene rings is 2. The molecule has 1 aromatic heterocycles. The number of hydrogen-bond donors (Lipinski definition) is 1. The zero-order valence-electron chi connectivity index (χ0n) is 14.5. The van der Waals surface area contributed by atoms with E-state index in [9.17, 15) is 4.79 Å². The molecule has 1 heterocycles. The van der Waals surface area contributed by atoms with Gasteiger partial charge in [0.1, 0.15) is 5.75 Å². The molecular formula is C19H18N4O3. The quantitative estimate of drug-likeness (QED) is 0.684. The molecule has 3 rings (SSSR count). The Morgan fingerprint density at radius 2 is 1.92 bits per heavy atom. The number of carbonyl (C=O) groups excluding carboxylic acids is 1. The summed E-state index contributed by atoms with van der Waals surface area (Å²) in [4.78, 5) is 15.9. The van der Waals surface area contributed by atoms with Crippen molar-refractivity contribution in [1.82, 2.24) is 15.2 Å². The summed E-state index contributed by atoms with van der Waals surface area (Å²) in [6.07, 6.45) is 1.60. The SMILES string of the molecule is COC(=O)c1ccc(CNc2nncc(-c3cccc(OC)c3)n2)cc1. The first-order valence-electron chi connectivity index (χ1n) is 7.95. The lowest BCUT2D eigenvalue weighted by Crippen LogP contribution is -2.06. The molecule has 0 fully saturated rings. The van der Waals surface area contributed by atoms with Crippen LogP contribution in [0.1, 0.15) is 15.9 Å². The summed E-state index contributed by atoms with van der Waals surface area (Å²) in [6.45, 7) is 0.505. The Hall–Kier alpha value is -3.48. The van der Waals surface area contributed by atoms with E-state index >= 15 is 0 Å². The van der Waals surface area contributed by atoms with Gasteiger partial charge in [0.15, 0.2) is 0 Å². The van der Waals surface area contributed by atoms with Crippen molar-refractivity contribution in [2.45, 2.75) is 6.54 Å². The molecule has 0 saturated heterocycles. The monoisotopic (exact) mass is 350 g/mol. The first-order chi connectivity index (χ1) is 12.7. The predicted molar refractivity (Wildman–Crippen MR) is 96.9 cm³/mol. The van der Waals surface area contributed by atoms with Crippen LogP contribution in [0, 0.1) is 0 Å². The Bertz CT molecular complexity index is 897. The van der Waals surface area contributed by atoms with Gasteiger partial charge in [0.25, 0.3) is 0 Å². The average molecular weight is 350 g/mol. The smallest absolute Gasteiger partial charge is 0.337 e. The van der Waals surface area contributed by atoms with Crippen molar-refractivity contribution in [1.29, 1.82) is 0 Å². The van der Waals surface area contributed by atoms with Crippen LogP contribution >= 0.6 is 0 Å². The van der Waals surface area contributed by atoms with Crippen LogP contribution in [0.15, 0.2) is 54.7 Å². The van der Waals surface area contributed by atoms with E-state index in [0.717, 1.165) is 16.9 Å². The van der Waals surface area contributed by atoms with E-state index in [1.165, 1.54) is 7.11 Å². The summed E-state index contributed by atoms with van der Waals surface area (Å²) >= 11 is 0. The molecule has 0 amide bonds. The fraction of sp³-hybridized carbons (Fsp3) is 0.158. The second kappa shape index (κ2) is 8.06. The van der Waals surface area contributed by atoms with Gasteiger partial charge in [-0.25, -0.2) is 9.78 Å². The van der Waals surface area contributed by atoms with E-state index in [-0.39, 0.29) is 5.97 Å². The summed E-state index contributed by atoms with van der Waals surface area (Å²) in [5.41, 5.74) is 3.08. The molecule has 1 N–H and O–H groups in total. The van der Waals surface area contributed by atoms with Crippen LogP contribution < -0.4 is 10.1 Å². The highest BCUT2D eigenvalue weighted by Crippen LogP contribution is 2.22. The maximum Gasteiger partial charge on any atom is 0.337 e. The van der Waals surface area contributed by atoms with Crippen molar-refractivity contribution in [3.8, 4) is 17.0 Å². The van der Waals surface area contributed by atoms with E-state index in [1.807, 2.05) is 36.4 Å². The van der Waals surface area contributed by atoms with Gasteiger partial charge in [-0.2, -0.15) is 5.10 Å². The van der Waals surface area contributed by atoms with Crippen LogP contribution in [0.3, 0.4) is 0 Å².